The summed E-state index contributed by atoms with van der Waals surface area (Å²) in [4.78, 5) is 4.94. The molecular weight excluding hydrogens is 387 g/mol. The maximum atomic E-state index is 11.1. The molecule has 1 aliphatic carbocycles. The third-order valence-corrected chi connectivity index (χ3v) is 4.76. The van der Waals surface area contributed by atoms with Gasteiger partial charge in [-0.3, -0.25) is 0 Å². The number of guanidine groups is 1. The Hall–Kier alpha value is -0.390. The molecule has 1 heterocycles. The van der Waals surface area contributed by atoms with Gasteiger partial charge in [-0.1, -0.05) is 0 Å². The van der Waals surface area contributed by atoms with Crippen molar-refractivity contribution in [2.45, 2.75) is 29.6 Å². The zero-order valence-corrected chi connectivity index (χ0v) is 13.5. The topological polar surface area (TPSA) is 111 Å². The summed E-state index contributed by atoms with van der Waals surface area (Å²) >= 11 is 1.11. The minimum absolute atomic E-state index is 0. The van der Waals surface area contributed by atoms with E-state index in [0.717, 1.165) is 29.1 Å². The van der Waals surface area contributed by atoms with Gasteiger partial charge in [-0.2, -0.15) is 0 Å². The van der Waals surface area contributed by atoms with Gasteiger partial charge in [-0.15, -0.1) is 35.3 Å². The van der Waals surface area contributed by atoms with Crippen molar-refractivity contribution < 1.29 is 8.42 Å². The molecule has 0 atom stereocenters. The fourth-order valence-corrected chi connectivity index (χ4v) is 2.94. The highest BCUT2D eigenvalue weighted by Gasteiger charge is 2.21. The average Bonchev–Trinajstić information content (AvgIpc) is 2.90. The number of aliphatic imine (C=N–C) groups is 1. The van der Waals surface area contributed by atoms with E-state index >= 15 is 0 Å². The number of hydrogen-bond donors (Lipinski definition) is 3. The second-order valence-corrected chi connectivity index (χ2v) is 6.84. The highest BCUT2D eigenvalue weighted by Crippen LogP contribution is 2.21. The van der Waals surface area contributed by atoms with Crippen molar-refractivity contribution in [2.75, 3.05) is 0 Å². The summed E-state index contributed by atoms with van der Waals surface area (Å²) in [6.07, 6.45) is 2.26. The second kappa shape index (κ2) is 6.17. The Morgan fingerprint density at radius 2 is 2.17 bits per heavy atom. The van der Waals surface area contributed by atoms with Crippen molar-refractivity contribution >= 4 is 51.3 Å². The Morgan fingerprint density at radius 1 is 1.50 bits per heavy atom. The molecule has 9 heteroatoms. The van der Waals surface area contributed by atoms with Crippen molar-refractivity contribution in [1.29, 1.82) is 0 Å². The molecule has 0 unspecified atom stereocenters. The van der Waals surface area contributed by atoms with E-state index in [1.54, 1.807) is 6.07 Å². The summed E-state index contributed by atoms with van der Waals surface area (Å²) < 4.78 is 22.3. The summed E-state index contributed by atoms with van der Waals surface area (Å²) in [6, 6.07) is 3.63. The smallest absolute Gasteiger partial charge is 0.247 e. The maximum Gasteiger partial charge on any atom is 0.247 e. The number of halogens is 1. The van der Waals surface area contributed by atoms with Gasteiger partial charge in [-0.05, 0) is 25.0 Å². The van der Waals surface area contributed by atoms with Crippen LogP contribution in [0.25, 0.3) is 0 Å². The molecule has 2 rings (SSSR count). The number of hydrogen-bond acceptors (Lipinski definition) is 4. The van der Waals surface area contributed by atoms with Crippen LogP contribution < -0.4 is 16.2 Å². The Balaban J connectivity index is 0.00000162. The zero-order chi connectivity index (χ0) is 12.5. The van der Waals surface area contributed by atoms with Crippen molar-refractivity contribution in [3.63, 3.8) is 0 Å². The summed E-state index contributed by atoms with van der Waals surface area (Å²) in [5.74, 6) is 0.401. The Morgan fingerprint density at radius 3 is 2.67 bits per heavy atom. The number of rotatable bonds is 4. The molecule has 6 nitrogen and oxygen atoms in total. The maximum absolute atomic E-state index is 11.1. The molecule has 18 heavy (non-hydrogen) atoms. The number of nitrogens with zero attached hydrogens (tertiary/aromatic N) is 1. The van der Waals surface area contributed by atoms with E-state index in [9.17, 15) is 8.42 Å². The SMILES string of the molecule is I.NC(=NCc1ccc(S(N)(=O)=O)s1)NC1CC1. The lowest BCUT2D eigenvalue weighted by atomic mass is 10.5. The van der Waals surface area contributed by atoms with E-state index in [0.29, 0.717) is 18.5 Å². The summed E-state index contributed by atoms with van der Waals surface area (Å²) in [7, 11) is -3.61. The van der Waals surface area contributed by atoms with E-state index in [-0.39, 0.29) is 28.2 Å². The Labute approximate surface area is 127 Å². The van der Waals surface area contributed by atoms with Crippen LogP contribution in [0, 0.1) is 0 Å². The number of sulfonamides is 1. The lowest BCUT2D eigenvalue weighted by molar-refractivity contribution is 0.600. The molecule has 102 valence electrons. The molecule has 0 aliphatic heterocycles. The summed E-state index contributed by atoms with van der Waals surface area (Å²) in [6.45, 7) is 0.367. The van der Waals surface area contributed by atoms with E-state index in [2.05, 4.69) is 10.3 Å². The number of nitrogens with one attached hydrogen (secondary N) is 1. The standard InChI is InChI=1S/C9H14N4O2S2.HI/c10-9(13-6-1-2-6)12-5-7-3-4-8(16-7)17(11,14)15;/h3-4,6H,1-2,5H2,(H3,10,12,13)(H2,11,14,15);1H. The van der Waals surface area contributed by atoms with Crippen LogP contribution in [0.5, 0.6) is 0 Å². The van der Waals surface area contributed by atoms with Crippen molar-refractivity contribution in [3.8, 4) is 0 Å². The quantitative estimate of drug-likeness (QED) is 0.389. The fraction of sp³-hybridized carbons (Fsp3) is 0.444. The molecule has 1 aromatic heterocycles. The van der Waals surface area contributed by atoms with Crippen LogP contribution in [-0.4, -0.2) is 20.4 Å². The van der Waals surface area contributed by atoms with Gasteiger partial charge in [0.1, 0.15) is 4.21 Å². The Bertz CT molecular complexity index is 537. The van der Waals surface area contributed by atoms with E-state index in [4.69, 9.17) is 10.9 Å². The highest BCUT2D eigenvalue weighted by atomic mass is 127. The zero-order valence-electron chi connectivity index (χ0n) is 9.50. The normalized spacial score (nSPS) is 16.2. The van der Waals surface area contributed by atoms with Gasteiger partial charge in [0.2, 0.25) is 10.0 Å². The van der Waals surface area contributed by atoms with Crippen LogP contribution in [0.3, 0.4) is 0 Å². The lowest BCUT2D eigenvalue weighted by Crippen LogP contribution is -2.33. The van der Waals surface area contributed by atoms with Crippen LogP contribution in [0.1, 0.15) is 17.7 Å². The van der Waals surface area contributed by atoms with Crippen molar-refractivity contribution in [3.05, 3.63) is 17.0 Å². The van der Waals surface area contributed by atoms with Crippen LogP contribution in [0.4, 0.5) is 0 Å². The van der Waals surface area contributed by atoms with Crippen molar-refractivity contribution in [1.82, 2.24) is 5.32 Å². The van der Waals surface area contributed by atoms with Gasteiger partial charge >= 0.3 is 0 Å². The van der Waals surface area contributed by atoms with E-state index in [1.807, 2.05) is 0 Å². The molecular formula is C9H15IN4O2S2. The van der Waals surface area contributed by atoms with Gasteiger partial charge in [0.15, 0.2) is 5.96 Å². The van der Waals surface area contributed by atoms with Crippen LogP contribution in [-0.2, 0) is 16.6 Å². The Kier molecular flexibility index (Phi) is 5.37. The van der Waals surface area contributed by atoms with Gasteiger partial charge in [-0.25, -0.2) is 18.5 Å². The average molecular weight is 402 g/mol. The first kappa shape index (κ1) is 15.7. The molecule has 0 bridgehead atoms. The summed E-state index contributed by atoms with van der Waals surface area (Å²) in [5, 5.41) is 8.06. The molecule has 1 saturated carbocycles. The minimum atomic E-state index is -3.61. The molecule has 5 N–H and O–H groups in total. The predicted octanol–water partition coefficient (Wildman–Crippen LogP) is 0.580. The van der Waals surface area contributed by atoms with Gasteiger partial charge in [0, 0.05) is 10.9 Å². The predicted molar refractivity (Wildman–Crippen MR) is 82.6 cm³/mol. The third kappa shape index (κ3) is 4.71. The molecule has 0 aromatic carbocycles. The third-order valence-electron chi connectivity index (χ3n) is 2.25. The van der Waals surface area contributed by atoms with Crippen LogP contribution in [0.15, 0.2) is 21.3 Å². The highest BCUT2D eigenvalue weighted by molar-refractivity contribution is 14.0. The molecule has 1 aromatic rings. The monoisotopic (exact) mass is 402 g/mol. The van der Waals surface area contributed by atoms with Crippen LogP contribution in [0.2, 0.25) is 0 Å². The fourth-order valence-electron chi connectivity index (χ4n) is 1.24. The molecule has 0 radical (unpaired) electrons. The van der Waals surface area contributed by atoms with E-state index in [1.165, 1.54) is 6.07 Å². The van der Waals surface area contributed by atoms with Gasteiger partial charge in [0.05, 0.1) is 6.54 Å². The van der Waals surface area contributed by atoms with Gasteiger partial charge in [0.25, 0.3) is 0 Å². The first-order chi connectivity index (χ1) is 7.95. The number of nitrogens with two attached hydrogens (primary N) is 2. The lowest BCUT2D eigenvalue weighted by Gasteiger charge is -2.01. The molecule has 0 spiro atoms. The first-order valence-corrected chi connectivity index (χ1v) is 7.49. The summed E-state index contributed by atoms with van der Waals surface area (Å²) in [5.41, 5.74) is 5.66. The minimum Gasteiger partial charge on any atom is -0.370 e. The number of primary sulfonamides is 1. The van der Waals surface area contributed by atoms with Crippen LogP contribution >= 0.6 is 35.3 Å². The van der Waals surface area contributed by atoms with E-state index < -0.39 is 10.0 Å². The van der Waals surface area contributed by atoms with Gasteiger partial charge < -0.3 is 11.1 Å². The molecule has 0 saturated heterocycles. The molecule has 1 fully saturated rings. The number of thiophene rings is 1. The van der Waals surface area contributed by atoms with Crippen molar-refractivity contribution in [2.24, 2.45) is 15.9 Å². The second-order valence-electron chi connectivity index (χ2n) is 3.89. The molecule has 1 aliphatic rings. The largest absolute Gasteiger partial charge is 0.370 e. The first-order valence-electron chi connectivity index (χ1n) is 5.13. The molecule has 0 amide bonds.